The highest BCUT2D eigenvalue weighted by molar-refractivity contribution is 5.85. The van der Waals surface area contributed by atoms with Crippen LogP contribution in [-0.4, -0.2) is 57.2 Å². The number of halogens is 2. The Morgan fingerprint density at radius 1 is 1.11 bits per heavy atom. The third kappa shape index (κ3) is 7.74. The summed E-state index contributed by atoms with van der Waals surface area (Å²) in [5.41, 5.74) is 1.16. The van der Waals surface area contributed by atoms with E-state index < -0.39 is 0 Å². The molecule has 27 heavy (non-hydrogen) atoms. The van der Waals surface area contributed by atoms with Crippen LogP contribution in [0.3, 0.4) is 0 Å². The molecular weight excluding hydrogens is 389 g/mol. The number of benzene rings is 1. The average Bonchev–Trinajstić information content (AvgIpc) is 3.34. The van der Waals surface area contributed by atoms with Crippen molar-refractivity contribution >= 4 is 30.7 Å². The quantitative estimate of drug-likeness (QED) is 0.642. The molecule has 0 spiro atoms. The summed E-state index contributed by atoms with van der Waals surface area (Å²) in [4.78, 5) is 14.4. The van der Waals surface area contributed by atoms with Crippen molar-refractivity contribution in [3.05, 3.63) is 23.8 Å². The van der Waals surface area contributed by atoms with Gasteiger partial charge >= 0.3 is 0 Å². The highest BCUT2D eigenvalue weighted by Gasteiger charge is 2.25. The molecule has 0 radical (unpaired) electrons. The zero-order valence-corrected chi connectivity index (χ0v) is 17.7. The van der Waals surface area contributed by atoms with Crippen LogP contribution in [-0.2, 0) is 11.3 Å². The zero-order valence-electron chi connectivity index (χ0n) is 16.0. The fourth-order valence-electron chi connectivity index (χ4n) is 3.30. The Labute approximate surface area is 174 Å². The average molecular weight is 420 g/mol. The Bertz CT molecular complexity index is 577. The molecule has 8 heteroatoms. The number of carbonyl (C=O) groups excluding carboxylic acids is 1. The molecule has 154 valence electrons. The highest BCUT2D eigenvalue weighted by Crippen LogP contribution is 2.27. The number of nitrogens with one attached hydrogen (secondary N) is 2. The fourth-order valence-corrected chi connectivity index (χ4v) is 3.30. The summed E-state index contributed by atoms with van der Waals surface area (Å²) in [6.07, 6.45) is 3.61. The van der Waals surface area contributed by atoms with Crippen LogP contribution in [0.15, 0.2) is 18.2 Å². The van der Waals surface area contributed by atoms with Gasteiger partial charge in [0.25, 0.3) is 0 Å². The van der Waals surface area contributed by atoms with Crippen LogP contribution in [0.5, 0.6) is 11.5 Å². The molecule has 1 saturated carbocycles. The second-order valence-corrected chi connectivity index (χ2v) is 7.08. The van der Waals surface area contributed by atoms with E-state index in [4.69, 9.17) is 9.47 Å². The van der Waals surface area contributed by atoms with E-state index in [9.17, 15) is 4.79 Å². The molecule has 1 aromatic carbocycles. The smallest absolute Gasteiger partial charge is 0.234 e. The third-order valence-electron chi connectivity index (χ3n) is 4.87. The van der Waals surface area contributed by atoms with E-state index in [-0.39, 0.29) is 36.8 Å². The van der Waals surface area contributed by atoms with Crippen molar-refractivity contribution in [2.75, 3.05) is 40.4 Å². The maximum atomic E-state index is 12.0. The molecule has 0 bridgehead atoms. The Morgan fingerprint density at radius 2 is 1.78 bits per heavy atom. The SMILES string of the molecule is COc1cc(CN2CCC(NC(=O)CNCC3CC3)C2)cc(OC)c1.Cl.Cl. The van der Waals surface area contributed by atoms with Crippen molar-refractivity contribution in [1.29, 1.82) is 0 Å². The third-order valence-corrected chi connectivity index (χ3v) is 4.87. The van der Waals surface area contributed by atoms with Crippen molar-refractivity contribution < 1.29 is 14.3 Å². The molecule has 1 heterocycles. The lowest BCUT2D eigenvalue weighted by atomic mass is 10.2. The highest BCUT2D eigenvalue weighted by atomic mass is 35.5. The number of carbonyl (C=O) groups is 1. The van der Waals surface area contributed by atoms with Crippen LogP contribution in [0.25, 0.3) is 0 Å². The first-order chi connectivity index (χ1) is 12.2. The lowest BCUT2D eigenvalue weighted by Crippen LogP contribution is -2.42. The molecule has 1 amide bonds. The van der Waals surface area contributed by atoms with Gasteiger partial charge in [-0.25, -0.2) is 0 Å². The molecule has 3 rings (SSSR count). The van der Waals surface area contributed by atoms with Crippen LogP contribution in [0.4, 0.5) is 0 Å². The molecule has 1 atom stereocenters. The van der Waals surface area contributed by atoms with E-state index in [0.29, 0.717) is 6.54 Å². The zero-order chi connectivity index (χ0) is 17.6. The normalized spacial score (nSPS) is 19.0. The summed E-state index contributed by atoms with van der Waals surface area (Å²) in [5.74, 6) is 2.52. The van der Waals surface area contributed by atoms with E-state index in [1.807, 2.05) is 18.2 Å². The Morgan fingerprint density at radius 3 is 2.37 bits per heavy atom. The predicted octanol–water partition coefficient (Wildman–Crippen LogP) is 2.24. The van der Waals surface area contributed by atoms with Gasteiger partial charge in [-0.15, -0.1) is 24.8 Å². The van der Waals surface area contributed by atoms with E-state index >= 15 is 0 Å². The van der Waals surface area contributed by atoms with Crippen LogP contribution in [0.2, 0.25) is 0 Å². The van der Waals surface area contributed by atoms with Gasteiger partial charge in [-0.1, -0.05) is 0 Å². The van der Waals surface area contributed by atoms with Gasteiger partial charge in [-0.3, -0.25) is 9.69 Å². The van der Waals surface area contributed by atoms with Gasteiger partial charge in [0.1, 0.15) is 11.5 Å². The number of hydrogen-bond donors (Lipinski definition) is 2. The van der Waals surface area contributed by atoms with Gasteiger partial charge in [0, 0.05) is 31.7 Å². The summed E-state index contributed by atoms with van der Waals surface area (Å²) in [6.45, 7) is 4.11. The minimum atomic E-state index is 0. The van der Waals surface area contributed by atoms with E-state index in [1.54, 1.807) is 14.2 Å². The minimum absolute atomic E-state index is 0. The monoisotopic (exact) mass is 419 g/mol. The topological polar surface area (TPSA) is 62.8 Å². The van der Waals surface area contributed by atoms with Gasteiger partial charge in [0.05, 0.1) is 20.8 Å². The van der Waals surface area contributed by atoms with Gasteiger partial charge in [0.15, 0.2) is 0 Å². The van der Waals surface area contributed by atoms with E-state index in [1.165, 1.54) is 12.8 Å². The first-order valence-corrected chi connectivity index (χ1v) is 9.10. The second-order valence-electron chi connectivity index (χ2n) is 7.08. The van der Waals surface area contributed by atoms with Gasteiger partial charge in [-0.2, -0.15) is 0 Å². The fraction of sp³-hybridized carbons (Fsp3) is 0.632. The number of ether oxygens (including phenoxy) is 2. The number of hydrogen-bond acceptors (Lipinski definition) is 5. The number of likely N-dealkylation sites (tertiary alicyclic amines) is 1. The van der Waals surface area contributed by atoms with Crippen LogP contribution in [0.1, 0.15) is 24.8 Å². The molecule has 1 saturated heterocycles. The molecule has 1 aliphatic carbocycles. The first kappa shape index (κ1) is 23.8. The lowest BCUT2D eigenvalue weighted by molar-refractivity contribution is -0.120. The predicted molar refractivity (Wildman–Crippen MR) is 111 cm³/mol. The Kier molecular flexibility index (Phi) is 10.2. The molecular formula is C19H31Cl2N3O3. The molecule has 1 aromatic rings. The number of nitrogens with zero attached hydrogens (tertiary/aromatic N) is 1. The summed E-state index contributed by atoms with van der Waals surface area (Å²) in [5, 5.41) is 6.39. The molecule has 1 unspecified atom stereocenters. The molecule has 1 aliphatic heterocycles. The standard InChI is InChI=1S/C19H29N3O3.2ClH/c1-24-17-7-15(8-18(9-17)25-2)12-22-6-5-16(13-22)21-19(23)11-20-10-14-3-4-14;;/h7-9,14,16,20H,3-6,10-13H2,1-2H3,(H,21,23);2*1H. The van der Waals surface area contributed by atoms with Crippen molar-refractivity contribution in [2.45, 2.75) is 31.8 Å². The van der Waals surface area contributed by atoms with Crippen LogP contribution >= 0.6 is 24.8 Å². The molecule has 0 aromatic heterocycles. The maximum Gasteiger partial charge on any atom is 0.234 e. The summed E-state index contributed by atoms with van der Waals surface area (Å²) in [6, 6.07) is 6.19. The Balaban J connectivity index is 0.00000182. The summed E-state index contributed by atoms with van der Waals surface area (Å²) in [7, 11) is 3.33. The second kappa shape index (κ2) is 11.6. The van der Waals surface area contributed by atoms with E-state index in [2.05, 4.69) is 15.5 Å². The molecule has 6 nitrogen and oxygen atoms in total. The number of amides is 1. The Hall–Kier alpha value is -1.21. The van der Waals surface area contributed by atoms with Crippen molar-refractivity contribution in [3.63, 3.8) is 0 Å². The van der Waals surface area contributed by atoms with Crippen molar-refractivity contribution in [3.8, 4) is 11.5 Å². The molecule has 2 fully saturated rings. The lowest BCUT2D eigenvalue weighted by Gasteiger charge is -2.18. The van der Waals surface area contributed by atoms with Gasteiger partial charge < -0.3 is 20.1 Å². The molecule has 2 aliphatic rings. The first-order valence-electron chi connectivity index (χ1n) is 9.10. The maximum absolute atomic E-state index is 12.0. The summed E-state index contributed by atoms with van der Waals surface area (Å²) >= 11 is 0. The largest absolute Gasteiger partial charge is 0.497 e. The van der Waals surface area contributed by atoms with Crippen LogP contribution in [0, 0.1) is 5.92 Å². The van der Waals surface area contributed by atoms with Crippen molar-refractivity contribution in [2.24, 2.45) is 5.92 Å². The van der Waals surface area contributed by atoms with Crippen LogP contribution < -0.4 is 20.1 Å². The summed E-state index contributed by atoms with van der Waals surface area (Å²) < 4.78 is 10.7. The number of methoxy groups -OCH3 is 2. The van der Waals surface area contributed by atoms with Gasteiger partial charge in [0.2, 0.25) is 5.91 Å². The van der Waals surface area contributed by atoms with E-state index in [0.717, 1.165) is 55.6 Å². The van der Waals surface area contributed by atoms with Gasteiger partial charge in [-0.05, 0) is 49.4 Å². The number of rotatable bonds is 9. The van der Waals surface area contributed by atoms with Crippen molar-refractivity contribution in [1.82, 2.24) is 15.5 Å². The minimum Gasteiger partial charge on any atom is -0.497 e. The molecule has 2 N–H and O–H groups in total.